The molecule has 0 fully saturated rings. The van der Waals surface area contributed by atoms with Crippen LogP contribution in [0.4, 0.5) is 0 Å². The van der Waals surface area contributed by atoms with Crippen LogP contribution in [-0.2, 0) is 0 Å². The van der Waals surface area contributed by atoms with E-state index in [0.717, 1.165) is 30.3 Å². The van der Waals surface area contributed by atoms with Gasteiger partial charge in [0.05, 0.1) is 11.8 Å². The highest BCUT2D eigenvalue weighted by Gasteiger charge is 2.10. The summed E-state index contributed by atoms with van der Waals surface area (Å²) in [6.45, 7) is 2.11. The lowest BCUT2D eigenvalue weighted by Crippen LogP contribution is -2.20. The Morgan fingerprint density at radius 3 is 2.74 bits per heavy atom. The molecule has 0 saturated heterocycles. The lowest BCUT2D eigenvalue weighted by molar-refractivity contribution is 0.440. The normalized spacial score (nSPS) is 10.6. The summed E-state index contributed by atoms with van der Waals surface area (Å²) in [6, 6.07) is 10.5. The lowest BCUT2D eigenvalue weighted by atomic mass is 10.3. The molecule has 100 valence electrons. The lowest BCUT2D eigenvalue weighted by Gasteiger charge is -2.11. The Balaban J connectivity index is 2.43. The van der Waals surface area contributed by atoms with Crippen molar-refractivity contribution in [2.45, 2.75) is 24.9 Å². The van der Waals surface area contributed by atoms with Crippen molar-refractivity contribution in [2.24, 2.45) is 0 Å². The second-order valence-electron chi connectivity index (χ2n) is 4.11. The molecule has 2 rings (SSSR count). The predicted molar refractivity (Wildman–Crippen MR) is 77.1 cm³/mol. The fraction of sp³-hybridized carbons (Fsp3) is 0.286. The van der Waals surface area contributed by atoms with Crippen molar-refractivity contribution < 1.29 is 5.11 Å². The fourth-order valence-electron chi connectivity index (χ4n) is 1.67. The van der Waals surface area contributed by atoms with Gasteiger partial charge in [-0.25, -0.2) is 0 Å². The van der Waals surface area contributed by atoms with E-state index >= 15 is 0 Å². The van der Waals surface area contributed by atoms with E-state index in [9.17, 15) is 9.90 Å². The van der Waals surface area contributed by atoms with Gasteiger partial charge >= 0.3 is 0 Å². The number of hydrogen-bond acceptors (Lipinski definition) is 4. The number of hydrogen-bond donors (Lipinski definition) is 1. The van der Waals surface area contributed by atoms with Crippen molar-refractivity contribution in [1.29, 1.82) is 0 Å². The van der Waals surface area contributed by atoms with Crippen LogP contribution in [0.2, 0.25) is 0 Å². The monoisotopic (exact) mass is 276 g/mol. The van der Waals surface area contributed by atoms with Crippen LogP contribution in [0, 0.1) is 0 Å². The Labute approximate surface area is 116 Å². The summed E-state index contributed by atoms with van der Waals surface area (Å²) >= 11 is 1.49. The number of unbranched alkanes of at least 4 members (excludes halogenated alkanes) is 1. The molecule has 0 aliphatic carbocycles. The van der Waals surface area contributed by atoms with Gasteiger partial charge in [0.1, 0.15) is 0 Å². The van der Waals surface area contributed by atoms with Crippen LogP contribution in [0.15, 0.2) is 46.3 Å². The maximum Gasteiger partial charge on any atom is 0.262 e. The average Bonchev–Trinajstić information content (AvgIpc) is 2.39. The molecule has 19 heavy (non-hydrogen) atoms. The molecule has 1 aromatic heterocycles. The summed E-state index contributed by atoms with van der Waals surface area (Å²) in [7, 11) is 0. The molecule has 1 aromatic carbocycles. The quantitative estimate of drug-likeness (QED) is 0.518. The number of aromatic hydroxyl groups is 1. The summed E-state index contributed by atoms with van der Waals surface area (Å²) in [5.74, 6) is 0.648. The molecule has 5 heteroatoms. The Morgan fingerprint density at radius 1 is 1.32 bits per heavy atom. The van der Waals surface area contributed by atoms with Crippen molar-refractivity contribution in [3.8, 4) is 11.6 Å². The third kappa shape index (κ3) is 3.38. The number of rotatable bonds is 5. The zero-order chi connectivity index (χ0) is 13.7. The number of thioether (sulfide) groups is 1. The van der Waals surface area contributed by atoms with Crippen molar-refractivity contribution in [2.75, 3.05) is 5.75 Å². The first-order chi connectivity index (χ1) is 9.22. The molecule has 0 atom stereocenters. The van der Waals surface area contributed by atoms with E-state index in [1.807, 2.05) is 30.3 Å². The summed E-state index contributed by atoms with van der Waals surface area (Å²) in [5, 5.41) is 10.0. The van der Waals surface area contributed by atoms with Crippen LogP contribution < -0.4 is 5.56 Å². The average molecular weight is 276 g/mol. The molecule has 0 saturated carbocycles. The summed E-state index contributed by atoms with van der Waals surface area (Å²) in [5.41, 5.74) is 0.497. The predicted octanol–water partition coefficient (Wildman–Crippen LogP) is 2.83. The van der Waals surface area contributed by atoms with Gasteiger partial charge in [-0.3, -0.25) is 9.36 Å². The summed E-state index contributed by atoms with van der Waals surface area (Å²) in [6.07, 6.45) is 2.13. The molecule has 1 heterocycles. The van der Waals surface area contributed by atoms with E-state index in [0.29, 0.717) is 5.16 Å². The van der Waals surface area contributed by atoms with Crippen molar-refractivity contribution >= 4 is 11.8 Å². The van der Waals surface area contributed by atoms with Gasteiger partial charge in [-0.15, -0.1) is 0 Å². The smallest absolute Gasteiger partial charge is 0.262 e. The van der Waals surface area contributed by atoms with Crippen LogP contribution in [0.25, 0.3) is 5.69 Å². The van der Waals surface area contributed by atoms with E-state index in [-0.39, 0.29) is 11.4 Å². The van der Waals surface area contributed by atoms with Crippen molar-refractivity contribution in [3.05, 3.63) is 46.8 Å². The van der Waals surface area contributed by atoms with Gasteiger partial charge in [-0.2, -0.15) is 4.98 Å². The molecule has 0 unspecified atom stereocenters. The first-order valence-electron chi connectivity index (χ1n) is 6.23. The number of nitrogens with zero attached hydrogens (tertiary/aromatic N) is 2. The zero-order valence-corrected chi connectivity index (χ0v) is 11.6. The van der Waals surface area contributed by atoms with Crippen LogP contribution in [0.1, 0.15) is 19.8 Å². The summed E-state index contributed by atoms with van der Waals surface area (Å²) in [4.78, 5) is 16.1. The van der Waals surface area contributed by atoms with Gasteiger partial charge in [0.15, 0.2) is 5.16 Å². The van der Waals surface area contributed by atoms with Crippen LogP contribution >= 0.6 is 11.8 Å². The summed E-state index contributed by atoms with van der Waals surface area (Å²) < 4.78 is 1.53. The molecular formula is C14H16N2O2S. The zero-order valence-electron chi connectivity index (χ0n) is 10.7. The van der Waals surface area contributed by atoms with Gasteiger partial charge in [-0.05, 0) is 18.6 Å². The van der Waals surface area contributed by atoms with E-state index in [1.165, 1.54) is 16.3 Å². The molecule has 0 radical (unpaired) electrons. The minimum Gasteiger partial charge on any atom is -0.493 e. The van der Waals surface area contributed by atoms with Gasteiger partial charge in [0.25, 0.3) is 5.56 Å². The largest absolute Gasteiger partial charge is 0.493 e. The third-order valence-electron chi connectivity index (χ3n) is 2.62. The van der Waals surface area contributed by atoms with E-state index in [4.69, 9.17) is 0 Å². The molecule has 0 amide bonds. The SMILES string of the molecule is CCCCSc1nc(O)cc(=O)n1-c1ccccc1. The van der Waals surface area contributed by atoms with Gasteiger partial charge < -0.3 is 5.11 Å². The van der Waals surface area contributed by atoms with Gasteiger partial charge in [0, 0.05) is 5.75 Å². The molecule has 0 bridgehead atoms. The van der Waals surface area contributed by atoms with Crippen molar-refractivity contribution in [1.82, 2.24) is 9.55 Å². The molecule has 0 aliphatic rings. The third-order valence-corrected chi connectivity index (χ3v) is 3.64. The standard InChI is InChI=1S/C14H16N2O2S/c1-2-3-9-19-14-15-12(17)10-13(18)16(14)11-7-5-4-6-8-11/h4-8,10,17H,2-3,9H2,1H3. The topological polar surface area (TPSA) is 55.1 Å². The van der Waals surface area contributed by atoms with E-state index in [2.05, 4.69) is 11.9 Å². The highest BCUT2D eigenvalue weighted by molar-refractivity contribution is 7.99. The second kappa shape index (κ2) is 6.43. The maximum absolute atomic E-state index is 12.0. The number of benzene rings is 1. The molecule has 1 N–H and O–H groups in total. The molecular weight excluding hydrogens is 260 g/mol. The molecule has 4 nitrogen and oxygen atoms in total. The minimum absolute atomic E-state index is 0.226. The second-order valence-corrected chi connectivity index (χ2v) is 5.17. The fourth-order valence-corrected chi connectivity index (χ4v) is 2.77. The Bertz CT molecular complexity index is 596. The first-order valence-corrected chi connectivity index (χ1v) is 7.22. The van der Waals surface area contributed by atoms with Crippen molar-refractivity contribution in [3.63, 3.8) is 0 Å². The first kappa shape index (κ1) is 13.7. The number of aromatic nitrogens is 2. The molecule has 0 aliphatic heterocycles. The van der Waals surface area contributed by atoms with Crippen LogP contribution in [0.3, 0.4) is 0 Å². The van der Waals surface area contributed by atoms with Crippen LogP contribution in [0.5, 0.6) is 5.88 Å². The Kier molecular flexibility index (Phi) is 4.63. The van der Waals surface area contributed by atoms with Gasteiger partial charge in [-0.1, -0.05) is 43.3 Å². The van der Waals surface area contributed by atoms with E-state index in [1.54, 1.807) is 0 Å². The van der Waals surface area contributed by atoms with Gasteiger partial charge in [0.2, 0.25) is 5.88 Å². The van der Waals surface area contributed by atoms with E-state index < -0.39 is 0 Å². The highest BCUT2D eigenvalue weighted by Crippen LogP contribution is 2.21. The number of para-hydroxylation sites is 1. The molecule has 0 spiro atoms. The Morgan fingerprint density at radius 2 is 2.05 bits per heavy atom. The van der Waals surface area contributed by atoms with Crippen LogP contribution in [-0.4, -0.2) is 20.4 Å². The maximum atomic E-state index is 12.0. The Hall–Kier alpha value is -1.75. The highest BCUT2D eigenvalue weighted by atomic mass is 32.2. The minimum atomic E-state index is -0.266. The molecule has 2 aromatic rings.